The predicted molar refractivity (Wildman–Crippen MR) is 81.8 cm³/mol. The summed E-state index contributed by atoms with van der Waals surface area (Å²) in [6.07, 6.45) is 4.56. The number of carboxylic acid groups (broad SMARTS) is 1. The number of aromatic carboxylic acids is 1. The van der Waals surface area contributed by atoms with Crippen molar-refractivity contribution >= 4 is 18.1 Å². The Bertz CT molecular complexity index is 630. The molecule has 0 spiro atoms. The molecule has 21 heavy (non-hydrogen) atoms. The number of carbonyl (C=O) groups is 1. The number of benzene rings is 1. The lowest BCUT2D eigenvalue weighted by atomic mass is 10.1. The minimum Gasteiger partial charge on any atom is -0.476 e. The summed E-state index contributed by atoms with van der Waals surface area (Å²) in [7, 11) is 0. The largest absolute Gasteiger partial charge is 0.476 e. The highest BCUT2D eigenvalue weighted by Gasteiger charge is 2.16. The van der Waals surface area contributed by atoms with Gasteiger partial charge in [0.15, 0.2) is 5.69 Å². The quantitative estimate of drug-likeness (QED) is 0.885. The zero-order chi connectivity index (χ0) is 15.2. The van der Waals surface area contributed by atoms with Crippen molar-refractivity contribution < 1.29 is 9.90 Å². The zero-order valence-electron chi connectivity index (χ0n) is 12.2. The van der Waals surface area contributed by atoms with Crippen molar-refractivity contribution in [3.8, 4) is 0 Å². The van der Waals surface area contributed by atoms with E-state index in [1.165, 1.54) is 0 Å². The van der Waals surface area contributed by atoms with Crippen LogP contribution in [0.4, 0.5) is 0 Å². The zero-order valence-corrected chi connectivity index (χ0v) is 12.2. The minimum atomic E-state index is -1.06. The van der Waals surface area contributed by atoms with Gasteiger partial charge in [0.25, 0.3) is 0 Å². The second kappa shape index (κ2) is 6.83. The molecule has 0 aliphatic rings. The van der Waals surface area contributed by atoms with Crippen LogP contribution in [0, 0.1) is 5.92 Å². The number of hydrogen-bond donors (Lipinski definition) is 1. The molecule has 1 aromatic heterocycles. The monoisotopic (exact) mass is 285 g/mol. The third kappa shape index (κ3) is 4.02. The first-order valence-corrected chi connectivity index (χ1v) is 6.98. The summed E-state index contributed by atoms with van der Waals surface area (Å²) in [5.74, 6) is -0.535. The van der Waals surface area contributed by atoms with Gasteiger partial charge in [0.2, 0.25) is 0 Å². The Labute approximate surface area is 123 Å². The fraction of sp³-hybridized carbons (Fsp3) is 0.312. The molecule has 0 radical (unpaired) electrons. The molecule has 0 aliphatic carbocycles. The molecule has 5 nitrogen and oxygen atoms in total. The van der Waals surface area contributed by atoms with Crippen LogP contribution < -0.4 is 0 Å². The predicted octanol–water partition coefficient (Wildman–Crippen LogP) is 3.19. The summed E-state index contributed by atoms with van der Waals surface area (Å²) < 4.78 is 1.66. The molecule has 5 heteroatoms. The molecule has 0 atom stereocenters. The van der Waals surface area contributed by atoms with Gasteiger partial charge < -0.3 is 5.11 Å². The van der Waals surface area contributed by atoms with Crippen LogP contribution in [0.3, 0.4) is 0 Å². The Morgan fingerprint density at radius 3 is 2.62 bits per heavy atom. The van der Waals surface area contributed by atoms with E-state index in [0.29, 0.717) is 18.2 Å². The van der Waals surface area contributed by atoms with Gasteiger partial charge >= 0.3 is 5.97 Å². The molecular weight excluding hydrogens is 266 g/mol. The molecule has 2 aromatic rings. The molecule has 1 aromatic carbocycles. The number of aryl methyl sites for hydroxylation is 1. The molecule has 2 rings (SSSR count). The normalized spacial score (nSPS) is 11.4. The van der Waals surface area contributed by atoms with Gasteiger partial charge in [-0.1, -0.05) is 55.5 Å². The summed E-state index contributed by atoms with van der Waals surface area (Å²) in [6, 6.07) is 9.73. The molecule has 110 valence electrons. The fourth-order valence-electron chi connectivity index (χ4n) is 1.92. The molecule has 0 saturated heterocycles. The van der Waals surface area contributed by atoms with E-state index in [4.69, 9.17) is 0 Å². The van der Waals surface area contributed by atoms with Gasteiger partial charge in [-0.2, -0.15) is 0 Å². The first kappa shape index (κ1) is 15.0. The van der Waals surface area contributed by atoms with E-state index in [1.54, 1.807) is 10.8 Å². The number of rotatable bonds is 6. The smallest absolute Gasteiger partial charge is 0.358 e. The van der Waals surface area contributed by atoms with E-state index < -0.39 is 5.97 Å². The maximum absolute atomic E-state index is 11.2. The maximum Gasteiger partial charge on any atom is 0.358 e. The van der Waals surface area contributed by atoms with Gasteiger partial charge in [-0.05, 0) is 24.0 Å². The van der Waals surface area contributed by atoms with Crippen molar-refractivity contribution in [1.82, 2.24) is 15.0 Å². The average molecular weight is 285 g/mol. The first-order chi connectivity index (χ1) is 10.1. The van der Waals surface area contributed by atoms with E-state index in [1.807, 2.05) is 36.4 Å². The molecule has 0 amide bonds. The third-order valence-electron chi connectivity index (χ3n) is 3.13. The van der Waals surface area contributed by atoms with Crippen LogP contribution in [0.15, 0.2) is 30.3 Å². The van der Waals surface area contributed by atoms with E-state index in [2.05, 4.69) is 24.2 Å². The van der Waals surface area contributed by atoms with Crippen molar-refractivity contribution in [1.29, 1.82) is 0 Å². The Balaban J connectivity index is 2.28. The van der Waals surface area contributed by atoms with Crippen LogP contribution >= 0.6 is 0 Å². The van der Waals surface area contributed by atoms with Gasteiger partial charge in [0.05, 0.1) is 5.69 Å². The molecule has 0 aliphatic heterocycles. The van der Waals surface area contributed by atoms with E-state index >= 15 is 0 Å². The summed E-state index contributed by atoms with van der Waals surface area (Å²) >= 11 is 0. The lowest BCUT2D eigenvalue weighted by molar-refractivity contribution is 0.0690. The second-order valence-electron chi connectivity index (χ2n) is 5.28. The van der Waals surface area contributed by atoms with Crippen LogP contribution in [0.1, 0.15) is 42.0 Å². The van der Waals surface area contributed by atoms with Crippen molar-refractivity contribution in [2.45, 2.75) is 26.8 Å². The highest BCUT2D eigenvalue weighted by atomic mass is 16.4. The van der Waals surface area contributed by atoms with Crippen molar-refractivity contribution in [2.75, 3.05) is 0 Å². The summed E-state index contributed by atoms with van der Waals surface area (Å²) in [5, 5.41) is 16.9. The van der Waals surface area contributed by atoms with Gasteiger partial charge in [-0.25, -0.2) is 9.48 Å². The summed E-state index contributed by atoms with van der Waals surface area (Å²) in [5.41, 5.74) is 1.53. The van der Waals surface area contributed by atoms with Crippen LogP contribution in [0.5, 0.6) is 0 Å². The lowest BCUT2D eigenvalue weighted by Crippen LogP contribution is -2.07. The van der Waals surface area contributed by atoms with E-state index in [0.717, 1.165) is 12.0 Å². The van der Waals surface area contributed by atoms with E-state index in [-0.39, 0.29) is 5.69 Å². The van der Waals surface area contributed by atoms with Crippen LogP contribution in [-0.2, 0) is 6.54 Å². The Hall–Kier alpha value is -2.43. The Morgan fingerprint density at radius 1 is 1.29 bits per heavy atom. The van der Waals surface area contributed by atoms with Crippen LogP contribution in [0.25, 0.3) is 12.2 Å². The summed E-state index contributed by atoms with van der Waals surface area (Å²) in [6.45, 7) is 4.90. The Morgan fingerprint density at radius 2 is 2.00 bits per heavy atom. The van der Waals surface area contributed by atoms with Crippen LogP contribution in [-0.4, -0.2) is 26.1 Å². The summed E-state index contributed by atoms with van der Waals surface area (Å²) in [4.78, 5) is 11.2. The molecular formula is C16H19N3O2. The Kier molecular flexibility index (Phi) is 4.87. The standard InChI is InChI=1S/C16H19N3O2/c1-12(2)10-11-19-14(15(16(20)21)17-18-19)9-8-13-6-4-3-5-7-13/h3-9,12H,10-11H2,1-2H3,(H,20,21)/b9-8+. The number of nitrogens with zero attached hydrogens (tertiary/aromatic N) is 3. The third-order valence-corrected chi connectivity index (χ3v) is 3.13. The van der Waals surface area contributed by atoms with Gasteiger partial charge in [-0.3, -0.25) is 0 Å². The number of carboxylic acids is 1. The molecule has 0 unspecified atom stereocenters. The first-order valence-electron chi connectivity index (χ1n) is 6.98. The molecule has 1 N–H and O–H groups in total. The highest BCUT2D eigenvalue weighted by molar-refractivity contribution is 5.90. The fourth-order valence-corrected chi connectivity index (χ4v) is 1.92. The lowest BCUT2D eigenvalue weighted by Gasteiger charge is -2.06. The van der Waals surface area contributed by atoms with Gasteiger partial charge in [0, 0.05) is 6.54 Å². The molecule has 1 heterocycles. The van der Waals surface area contributed by atoms with Gasteiger partial charge in [-0.15, -0.1) is 5.10 Å². The van der Waals surface area contributed by atoms with Crippen molar-refractivity contribution in [2.24, 2.45) is 5.92 Å². The minimum absolute atomic E-state index is 0.00839. The molecule has 0 saturated carbocycles. The highest BCUT2D eigenvalue weighted by Crippen LogP contribution is 2.13. The van der Waals surface area contributed by atoms with Crippen molar-refractivity contribution in [3.05, 3.63) is 47.3 Å². The second-order valence-corrected chi connectivity index (χ2v) is 5.28. The number of hydrogen-bond acceptors (Lipinski definition) is 3. The van der Waals surface area contributed by atoms with Crippen molar-refractivity contribution in [3.63, 3.8) is 0 Å². The maximum atomic E-state index is 11.2. The molecule has 0 fully saturated rings. The van der Waals surface area contributed by atoms with Crippen LogP contribution in [0.2, 0.25) is 0 Å². The molecule has 0 bridgehead atoms. The SMILES string of the molecule is CC(C)CCn1nnc(C(=O)O)c1/C=C/c1ccccc1. The topological polar surface area (TPSA) is 68.0 Å². The average Bonchev–Trinajstić information content (AvgIpc) is 2.87. The number of aromatic nitrogens is 3. The van der Waals surface area contributed by atoms with E-state index in [9.17, 15) is 9.90 Å². The van der Waals surface area contributed by atoms with Gasteiger partial charge in [0.1, 0.15) is 0 Å².